The number of anilines is 1. The van der Waals surface area contributed by atoms with Gasteiger partial charge in [-0.1, -0.05) is 43.3 Å². The van der Waals surface area contributed by atoms with Gasteiger partial charge < -0.3 is 29.1 Å². The first-order valence-electron chi connectivity index (χ1n) is 14.6. The lowest BCUT2D eigenvalue weighted by Crippen LogP contribution is -2.48. The molecule has 2 N–H and O–H groups in total. The minimum absolute atomic E-state index is 0.0120. The molecule has 5 atom stereocenters. The number of aryl methyl sites for hydroxylation is 1. The van der Waals surface area contributed by atoms with Gasteiger partial charge >= 0.3 is 0 Å². The van der Waals surface area contributed by atoms with E-state index >= 15 is 4.11 Å². The third kappa shape index (κ3) is 6.17. The molecule has 9 heteroatoms. The zero-order chi connectivity index (χ0) is 28.4. The lowest BCUT2D eigenvalue weighted by molar-refractivity contribution is -0.138. The highest BCUT2D eigenvalue weighted by Crippen LogP contribution is 2.47. The van der Waals surface area contributed by atoms with Crippen molar-refractivity contribution in [1.82, 2.24) is 10.2 Å². The van der Waals surface area contributed by atoms with Gasteiger partial charge in [-0.15, -0.1) is 0 Å². The van der Waals surface area contributed by atoms with Gasteiger partial charge in [0, 0.05) is 30.9 Å². The molecule has 2 aromatic carbocycles. The van der Waals surface area contributed by atoms with Gasteiger partial charge in [0.05, 0.1) is 37.8 Å². The van der Waals surface area contributed by atoms with Crippen molar-refractivity contribution in [3.63, 3.8) is 0 Å². The van der Waals surface area contributed by atoms with E-state index in [1.165, 1.54) is 5.56 Å². The summed E-state index contributed by atoms with van der Waals surface area (Å²) in [4.78, 5) is 29.4. The summed E-state index contributed by atoms with van der Waals surface area (Å²) in [5.41, 5.74) is 4.05. The molecule has 2 aromatic rings. The average molecular weight is 568 g/mol. The summed E-state index contributed by atoms with van der Waals surface area (Å²) < 4.78 is 22.2. The first kappa shape index (κ1) is 28.9. The summed E-state index contributed by atoms with van der Waals surface area (Å²) in [5.74, 6) is 0.0153. The summed E-state index contributed by atoms with van der Waals surface area (Å²) in [6.07, 6.45) is 1.69. The molecule has 2 saturated heterocycles. The second kappa shape index (κ2) is 12.1. The smallest absolute Gasteiger partial charge is 0.246 e. The molecule has 0 bridgehead atoms. The number of amides is 2. The number of nitrogens with zero attached hydrogens (tertiary/aromatic N) is 2. The maximum Gasteiger partial charge on any atom is 0.246 e. The molecule has 7 nitrogen and oxygen atoms in total. The highest BCUT2D eigenvalue weighted by atomic mass is 28.4. The number of hydrogen-bond acceptors (Lipinski definition) is 5. The minimum Gasteiger partial charge on any atom is -0.394 e. The molecule has 0 spiro atoms. The first-order valence-corrected chi connectivity index (χ1v) is 17.5. The molecular formula is C31H42FN3O4Si. The van der Waals surface area contributed by atoms with Crippen molar-refractivity contribution in [1.29, 1.82) is 0 Å². The van der Waals surface area contributed by atoms with E-state index in [1.54, 1.807) is 18.0 Å². The van der Waals surface area contributed by atoms with E-state index in [-0.39, 0.29) is 48.4 Å². The van der Waals surface area contributed by atoms with Gasteiger partial charge in [-0.2, -0.15) is 0 Å². The molecule has 0 radical (unpaired) electrons. The predicted octanol–water partition coefficient (Wildman–Crippen LogP) is 3.84. The molecule has 0 aromatic heterocycles. The van der Waals surface area contributed by atoms with Crippen molar-refractivity contribution in [2.75, 3.05) is 31.1 Å². The second-order valence-electron chi connectivity index (χ2n) is 12.1. The number of hydrogen-bond donors (Lipinski definition) is 2. The van der Waals surface area contributed by atoms with Crippen LogP contribution < -0.4 is 10.2 Å². The number of ether oxygens (including phenoxy) is 1. The third-order valence-electron chi connectivity index (χ3n) is 9.01. The number of piperazine rings is 1. The van der Waals surface area contributed by atoms with Crippen molar-refractivity contribution in [2.45, 2.75) is 76.0 Å². The predicted molar refractivity (Wildman–Crippen MR) is 156 cm³/mol. The highest BCUT2D eigenvalue weighted by Gasteiger charge is 2.52. The van der Waals surface area contributed by atoms with Gasteiger partial charge in [-0.3, -0.25) is 9.59 Å². The van der Waals surface area contributed by atoms with Crippen molar-refractivity contribution < 1.29 is 23.5 Å². The molecule has 0 unspecified atom stereocenters. The Bertz CT molecular complexity index is 1200. The summed E-state index contributed by atoms with van der Waals surface area (Å²) in [6, 6.07) is 15.9. The van der Waals surface area contributed by atoms with Crippen molar-refractivity contribution in [2.24, 2.45) is 5.92 Å². The van der Waals surface area contributed by atoms with E-state index in [4.69, 9.17) is 4.74 Å². The summed E-state index contributed by atoms with van der Waals surface area (Å²) >= 11 is 0. The molecule has 0 aliphatic carbocycles. The summed E-state index contributed by atoms with van der Waals surface area (Å²) in [5, 5.41) is 13.1. The van der Waals surface area contributed by atoms with Crippen molar-refractivity contribution in [3.8, 4) is 0 Å². The molecule has 3 aliphatic heterocycles. The lowest BCUT2D eigenvalue weighted by Gasteiger charge is -2.37. The van der Waals surface area contributed by atoms with E-state index in [1.807, 2.05) is 35.2 Å². The lowest BCUT2D eigenvalue weighted by atomic mass is 9.93. The van der Waals surface area contributed by atoms with Crippen LogP contribution in [-0.4, -0.2) is 74.7 Å². The fourth-order valence-electron chi connectivity index (χ4n) is 6.94. The minimum atomic E-state index is -3.12. The zero-order valence-corrected chi connectivity index (χ0v) is 24.8. The van der Waals surface area contributed by atoms with Crippen molar-refractivity contribution in [3.05, 3.63) is 65.2 Å². The Morgan fingerprint density at radius 2 is 1.85 bits per heavy atom. The van der Waals surface area contributed by atoms with Crippen LogP contribution >= 0.6 is 0 Å². The van der Waals surface area contributed by atoms with Crippen LogP contribution in [0.25, 0.3) is 0 Å². The number of rotatable bonds is 8. The van der Waals surface area contributed by atoms with E-state index in [2.05, 4.69) is 30.4 Å². The van der Waals surface area contributed by atoms with Crippen LogP contribution in [-0.2, 0) is 33.7 Å². The normalized spacial score (nSPS) is 27.1. The molecule has 40 heavy (non-hydrogen) atoms. The van der Waals surface area contributed by atoms with E-state index < -0.39 is 14.5 Å². The third-order valence-corrected chi connectivity index (χ3v) is 11.5. The number of nitrogens with one attached hydrogen (secondary N) is 1. The molecule has 5 rings (SSSR count). The maximum atomic E-state index is 15.7. The Morgan fingerprint density at radius 1 is 1.12 bits per heavy atom. The van der Waals surface area contributed by atoms with Crippen LogP contribution in [0.5, 0.6) is 0 Å². The number of carbonyl (C=O) groups is 2. The molecule has 3 heterocycles. The van der Waals surface area contributed by atoms with E-state index in [0.29, 0.717) is 26.1 Å². The topological polar surface area (TPSA) is 82.1 Å². The molecule has 2 fully saturated rings. The highest BCUT2D eigenvalue weighted by molar-refractivity contribution is 6.72. The van der Waals surface area contributed by atoms with E-state index in [0.717, 1.165) is 36.2 Å². The van der Waals surface area contributed by atoms with Gasteiger partial charge in [-0.25, -0.2) is 0 Å². The number of fused-ring (bicyclic) bond motifs is 1. The Hall–Kier alpha value is -2.59. The summed E-state index contributed by atoms with van der Waals surface area (Å²) in [7, 11) is -3.12. The SMILES string of the molecule is C[C@@H]1[C@@H]([Si](C)(C)F)[C@H](CC(=O)N2Cc3ccccc3C[C@H]2CO)O[C@@H]1CCc1ccc(N2CCNCC2=O)cc1. The van der Waals surface area contributed by atoms with Crippen LogP contribution in [0.2, 0.25) is 18.6 Å². The fourth-order valence-corrected chi connectivity index (χ4v) is 9.48. The van der Waals surface area contributed by atoms with Gasteiger partial charge in [-0.05, 0) is 67.1 Å². The second-order valence-corrected chi connectivity index (χ2v) is 15.9. The fraction of sp³-hybridized carbons (Fsp3) is 0.548. The molecular weight excluding hydrogens is 525 g/mol. The van der Waals surface area contributed by atoms with Crippen molar-refractivity contribution >= 4 is 25.9 Å². The molecule has 2 amide bonds. The Morgan fingerprint density at radius 3 is 2.52 bits per heavy atom. The van der Waals surface area contributed by atoms with Gasteiger partial charge in [0.15, 0.2) is 0 Å². The van der Waals surface area contributed by atoms with Crippen LogP contribution in [0.15, 0.2) is 48.5 Å². The first-order chi connectivity index (χ1) is 19.2. The number of aliphatic hydroxyl groups is 1. The number of aliphatic hydroxyl groups excluding tert-OH is 1. The quantitative estimate of drug-likeness (QED) is 0.374. The van der Waals surface area contributed by atoms with Crippen LogP contribution in [0.4, 0.5) is 9.80 Å². The Labute approximate surface area is 237 Å². The number of carbonyl (C=O) groups excluding carboxylic acids is 2. The zero-order valence-electron chi connectivity index (χ0n) is 23.8. The number of halogens is 1. The molecule has 216 valence electrons. The molecule has 3 aliphatic rings. The van der Waals surface area contributed by atoms with Crippen LogP contribution in [0.3, 0.4) is 0 Å². The number of benzene rings is 2. The summed E-state index contributed by atoms with van der Waals surface area (Å²) in [6.45, 7) is 7.70. The average Bonchev–Trinajstić information content (AvgIpc) is 3.26. The van der Waals surface area contributed by atoms with Gasteiger partial charge in [0.25, 0.3) is 0 Å². The Kier molecular flexibility index (Phi) is 8.75. The van der Waals surface area contributed by atoms with E-state index in [9.17, 15) is 14.7 Å². The van der Waals surface area contributed by atoms with Crippen LogP contribution in [0, 0.1) is 5.92 Å². The largest absolute Gasteiger partial charge is 0.394 e. The standard InChI is InChI=1S/C31H42FN3O4Si/c1-21-27(13-10-22-8-11-25(12-9-22)34-15-14-33-18-30(34)38)39-28(31(21)40(2,3)32)17-29(37)35-19-24-7-5-4-6-23(24)16-26(35)20-36/h4-9,11-12,21,26-28,31,33,36H,10,13-20H2,1-3H3/t21-,26-,27+,28-,31+/m0/s1. The monoisotopic (exact) mass is 567 g/mol. The van der Waals surface area contributed by atoms with Gasteiger partial charge in [0.1, 0.15) is 0 Å². The van der Waals surface area contributed by atoms with Crippen LogP contribution in [0.1, 0.15) is 36.5 Å². The maximum absolute atomic E-state index is 15.7. The Balaban J connectivity index is 1.23. The van der Waals surface area contributed by atoms with Gasteiger partial charge in [0.2, 0.25) is 20.2 Å². The molecule has 0 saturated carbocycles.